The second kappa shape index (κ2) is 23.1. The van der Waals surface area contributed by atoms with Crippen LogP contribution in [0.1, 0.15) is 101 Å². The third-order valence-corrected chi connectivity index (χ3v) is 9.77. The summed E-state index contributed by atoms with van der Waals surface area (Å²) in [6.07, 6.45) is 11.5. The van der Waals surface area contributed by atoms with Crippen LogP contribution in [0, 0.1) is 6.92 Å². The molecule has 0 spiro atoms. The van der Waals surface area contributed by atoms with Crippen LogP contribution in [0.2, 0.25) is 0 Å². The first-order valence-corrected chi connectivity index (χ1v) is 19.2. The maximum Gasteiger partial charge on any atom is 0.326 e. The molecule has 0 aromatic heterocycles. The molecule has 0 radical (unpaired) electrons. The number of carboxylic acids is 1. The van der Waals surface area contributed by atoms with E-state index in [1.807, 2.05) is 63.4 Å². The van der Waals surface area contributed by atoms with Crippen LogP contribution in [0.5, 0.6) is 0 Å². The van der Waals surface area contributed by atoms with E-state index in [0.29, 0.717) is 36.6 Å². The van der Waals surface area contributed by atoms with Gasteiger partial charge in [0.05, 0.1) is 24.9 Å². The van der Waals surface area contributed by atoms with Crippen LogP contribution in [0.15, 0.2) is 42.5 Å². The van der Waals surface area contributed by atoms with Crippen molar-refractivity contribution in [2.45, 2.75) is 123 Å². The van der Waals surface area contributed by atoms with Gasteiger partial charge in [-0.1, -0.05) is 70.4 Å². The Kier molecular flexibility index (Phi) is 20.1. The highest BCUT2D eigenvalue weighted by atomic mass is 32.2. The fourth-order valence-electron chi connectivity index (χ4n) is 6.19. The smallest absolute Gasteiger partial charge is 0.326 e. The van der Waals surface area contributed by atoms with E-state index in [9.17, 15) is 14.7 Å². The topological polar surface area (TPSA) is 97.3 Å². The normalized spacial score (nSPS) is 19.3. The van der Waals surface area contributed by atoms with Crippen molar-refractivity contribution in [3.8, 4) is 11.1 Å². The average Bonchev–Trinajstić information content (AvgIpc) is 3.47. The molecule has 8 nitrogen and oxygen atoms in total. The molecule has 48 heavy (non-hydrogen) atoms. The number of carbonyl (C=O) groups excluding carboxylic acids is 1. The molecule has 1 aliphatic carbocycles. The fraction of sp³-hybridized carbons (Fsp3) is 0.641. The van der Waals surface area contributed by atoms with Crippen LogP contribution >= 0.6 is 11.8 Å². The van der Waals surface area contributed by atoms with Crippen molar-refractivity contribution in [1.82, 2.24) is 10.2 Å². The number of carboxylic acid groups (broad SMARTS) is 1. The van der Waals surface area contributed by atoms with Gasteiger partial charge < -0.3 is 24.6 Å². The van der Waals surface area contributed by atoms with E-state index in [-0.39, 0.29) is 18.1 Å². The fourth-order valence-corrected chi connectivity index (χ4v) is 6.66. The first-order chi connectivity index (χ1) is 23.2. The predicted octanol–water partition coefficient (Wildman–Crippen LogP) is 7.99. The SMILES string of the molecule is CC.CCC(C)OC.COCC1CC(OC2CCCCC2)CN1Cc1ccc(C(=O)NC(CCSC)C(=O)O)c(-c2ccccc2C)c1. The molecule has 2 aliphatic rings. The summed E-state index contributed by atoms with van der Waals surface area (Å²) >= 11 is 1.57. The van der Waals surface area contributed by atoms with E-state index >= 15 is 0 Å². The summed E-state index contributed by atoms with van der Waals surface area (Å²) in [5, 5.41) is 12.4. The Labute approximate surface area is 294 Å². The molecule has 1 heterocycles. The molecular weight excluding hydrogens is 625 g/mol. The number of hydrogen-bond donors (Lipinski definition) is 2. The van der Waals surface area contributed by atoms with Crippen molar-refractivity contribution in [1.29, 1.82) is 0 Å². The number of methoxy groups -OCH3 is 2. The van der Waals surface area contributed by atoms with Gasteiger partial charge in [0.25, 0.3) is 5.91 Å². The minimum absolute atomic E-state index is 0.207. The van der Waals surface area contributed by atoms with Crippen molar-refractivity contribution >= 4 is 23.6 Å². The molecule has 9 heteroatoms. The highest BCUT2D eigenvalue weighted by Crippen LogP contribution is 2.31. The Hall–Kier alpha value is -2.43. The Morgan fingerprint density at radius 3 is 2.33 bits per heavy atom. The molecule has 1 saturated heterocycles. The average molecular weight is 687 g/mol. The van der Waals surface area contributed by atoms with Crippen molar-refractivity contribution in [2.75, 3.05) is 39.4 Å². The van der Waals surface area contributed by atoms with Gasteiger partial charge >= 0.3 is 5.97 Å². The molecule has 2 fully saturated rings. The Balaban J connectivity index is 0.000000901. The number of thioether (sulfide) groups is 1. The molecule has 1 saturated carbocycles. The molecule has 1 amide bonds. The zero-order valence-electron chi connectivity index (χ0n) is 30.8. The Morgan fingerprint density at radius 2 is 1.75 bits per heavy atom. The molecule has 2 aromatic carbocycles. The van der Waals surface area contributed by atoms with Gasteiger partial charge in [-0.25, -0.2) is 4.79 Å². The van der Waals surface area contributed by atoms with Gasteiger partial charge in [0.1, 0.15) is 6.04 Å². The van der Waals surface area contributed by atoms with Gasteiger partial charge in [-0.05, 0) is 92.3 Å². The number of hydrogen-bond acceptors (Lipinski definition) is 7. The van der Waals surface area contributed by atoms with Gasteiger partial charge in [-0.3, -0.25) is 9.69 Å². The molecule has 4 atom stereocenters. The third-order valence-electron chi connectivity index (χ3n) is 9.13. The summed E-state index contributed by atoms with van der Waals surface area (Å²) in [6, 6.07) is 13.3. The zero-order chi connectivity index (χ0) is 35.5. The monoisotopic (exact) mass is 686 g/mol. The van der Waals surface area contributed by atoms with Gasteiger partial charge in [0.15, 0.2) is 0 Å². The maximum atomic E-state index is 13.4. The van der Waals surface area contributed by atoms with Crippen LogP contribution in [-0.2, 0) is 25.5 Å². The zero-order valence-corrected chi connectivity index (χ0v) is 31.6. The Bertz CT molecular complexity index is 1220. The van der Waals surface area contributed by atoms with Crippen molar-refractivity contribution in [3.05, 3.63) is 59.2 Å². The second-order valence-electron chi connectivity index (χ2n) is 12.6. The largest absolute Gasteiger partial charge is 0.480 e. The van der Waals surface area contributed by atoms with Crippen molar-refractivity contribution in [2.24, 2.45) is 0 Å². The first kappa shape index (κ1) is 41.7. The van der Waals surface area contributed by atoms with E-state index in [2.05, 4.69) is 30.1 Å². The standard InChI is InChI=1S/C32H44N2O5S.C5H12O.C2H6/c1-22-9-7-8-12-27(22)29-17-23(13-14-28(29)31(35)33-30(32(36)37)15-16-40-3)19-34-20-26(18-24(34)21-38-2)39-25-10-5-4-6-11-25;1-4-5(2)6-3;1-2/h7-9,12-14,17,24-26,30H,4-6,10-11,15-16,18-21H2,1-3H3,(H,33,35)(H,36,37);5H,4H2,1-3H3;1-2H3. The lowest BCUT2D eigenvalue weighted by molar-refractivity contribution is -0.139. The minimum Gasteiger partial charge on any atom is -0.480 e. The molecule has 1 aliphatic heterocycles. The quantitative estimate of drug-likeness (QED) is 0.195. The van der Waals surface area contributed by atoms with Gasteiger partial charge in [0, 0.05) is 38.9 Å². The van der Waals surface area contributed by atoms with E-state index in [0.717, 1.165) is 61.0 Å². The molecule has 4 unspecified atom stereocenters. The highest BCUT2D eigenvalue weighted by molar-refractivity contribution is 7.98. The van der Waals surface area contributed by atoms with Crippen LogP contribution in [-0.4, -0.2) is 91.7 Å². The lowest BCUT2D eigenvalue weighted by Gasteiger charge is -2.26. The summed E-state index contributed by atoms with van der Waals surface area (Å²) in [7, 11) is 3.48. The first-order valence-electron chi connectivity index (χ1n) is 17.8. The number of amides is 1. The highest BCUT2D eigenvalue weighted by Gasteiger charge is 2.34. The van der Waals surface area contributed by atoms with E-state index < -0.39 is 12.0 Å². The molecule has 270 valence electrons. The van der Waals surface area contributed by atoms with E-state index in [4.69, 9.17) is 14.2 Å². The number of nitrogens with zero attached hydrogens (tertiary/aromatic N) is 1. The minimum atomic E-state index is -1.01. The molecular formula is C39H62N2O6S. The van der Waals surface area contributed by atoms with E-state index in [1.54, 1.807) is 26.0 Å². The summed E-state index contributed by atoms with van der Waals surface area (Å²) in [4.78, 5) is 27.7. The van der Waals surface area contributed by atoms with E-state index in [1.165, 1.54) is 19.3 Å². The lowest BCUT2D eigenvalue weighted by Crippen LogP contribution is -2.41. The van der Waals surface area contributed by atoms with Crippen LogP contribution in [0.3, 0.4) is 0 Å². The van der Waals surface area contributed by atoms with Crippen LogP contribution < -0.4 is 5.32 Å². The summed E-state index contributed by atoms with van der Waals surface area (Å²) in [5.74, 6) is -0.720. The number of benzene rings is 2. The number of rotatable bonds is 15. The molecule has 4 rings (SSSR count). The number of likely N-dealkylation sites (tertiary alicyclic amines) is 1. The Morgan fingerprint density at radius 1 is 1.04 bits per heavy atom. The van der Waals surface area contributed by atoms with Crippen molar-refractivity contribution in [3.63, 3.8) is 0 Å². The van der Waals surface area contributed by atoms with Gasteiger partial charge in [-0.2, -0.15) is 11.8 Å². The van der Waals surface area contributed by atoms with Crippen LogP contribution in [0.25, 0.3) is 11.1 Å². The van der Waals surface area contributed by atoms with Gasteiger partial charge in [-0.15, -0.1) is 0 Å². The van der Waals surface area contributed by atoms with Crippen LogP contribution in [0.4, 0.5) is 0 Å². The third kappa shape index (κ3) is 13.5. The second-order valence-corrected chi connectivity index (χ2v) is 13.6. The number of carbonyl (C=O) groups is 2. The van der Waals surface area contributed by atoms with Crippen molar-refractivity contribution < 1.29 is 28.9 Å². The lowest BCUT2D eigenvalue weighted by atomic mass is 9.93. The summed E-state index contributed by atoms with van der Waals surface area (Å²) in [6.45, 7) is 12.4. The number of aliphatic carboxylic acids is 1. The molecule has 2 N–H and O–H groups in total. The molecule has 0 bridgehead atoms. The predicted molar refractivity (Wildman–Crippen MR) is 199 cm³/mol. The maximum absolute atomic E-state index is 13.4. The number of ether oxygens (including phenoxy) is 3. The summed E-state index contributed by atoms with van der Waals surface area (Å²) in [5.41, 5.74) is 4.44. The van der Waals surface area contributed by atoms with Gasteiger partial charge in [0.2, 0.25) is 0 Å². The number of nitrogens with one attached hydrogen (secondary N) is 1. The molecule has 2 aromatic rings. The summed E-state index contributed by atoms with van der Waals surface area (Å²) < 4.78 is 17.0. The number of aryl methyl sites for hydroxylation is 1.